The largest absolute Gasteiger partial charge is 0.116 e. The molecule has 2 heteroatoms. The van der Waals surface area contributed by atoms with Gasteiger partial charge in [0, 0.05) is 0 Å². The van der Waals surface area contributed by atoms with Gasteiger partial charge in [-0.25, -0.2) is 0 Å². The summed E-state index contributed by atoms with van der Waals surface area (Å²) in [6.07, 6.45) is 2.73. The van der Waals surface area contributed by atoms with Crippen LogP contribution >= 0.6 is 0 Å². The lowest BCUT2D eigenvalue weighted by Gasteiger charge is -1.76. The molecule has 0 aromatic carbocycles. The zero-order valence-corrected chi connectivity index (χ0v) is 4.12. The second kappa shape index (κ2) is 4.13. The molecule has 0 saturated heterocycles. The minimum atomic E-state index is 1.34. The van der Waals surface area contributed by atoms with Crippen LogP contribution in [0.1, 0.15) is 0 Å². The second-order valence-corrected chi connectivity index (χ2v) is 1.35. The van der Waals surface area contributed by atoms with Gasteiger partial charge in [0.1, 0.15) is 7.28 Å². The molecule has 0 aliphatic heterocycles. The Morgan fingerprint density at radius 2 is 2.40 bits per heavy atom. The van der Waals surface area contributed by atoms with Gasteiger partial charge >= 0.3 is 0 Å². The normalized spacial score (nSPS) is 7.40. The molecule has 0 aromatic rings. The van der Waals surface area contributed by atoms with Crippen molar-refractivity contribution in [1.29, 1.82) is 0 Å². The maximum Gasteiger partial charge on any atom is 0.116 e. The Hall–Kier alpha value is 0.130. The SMILES string of the molecule is BCCBC. The zero-order valence-electron chi connectivity index (χ0n) is 4.12. The van der Waals surface area contributed by atoms with Gasteiger partial charge in [0.05, 0.1) is 7.85 Å². The van der Waals surface area contributed by atoms with Gasteiger partial charge in [-0.05, 0) is 0 Å². The van der Waals surface area contributed by atoms with Crippen LogP contribution in [0.4, 0.5) is 0 Å². The summed E-state index contributed by atoms with van der Waals surface area (Å²) in [7, 11) is 3.56. The van der Waals surface area contributed by atoms with E-state index in [2.05, 4.69) is 14.7 Å². The number of hydrogen-bond donors (Lipinski definition) is 0. The van der Waals surface area contributed by atoms with Gasteiger partial charge in [-0.3, -0.25) is 0 Å². The van der Waals surface area contributed by atoms with Gasteiger partial charge in [0.2, 0.25) is 0 Å². The Bertz CT molecular complexity index is 12.4. The topological polar surface area (TPSA) is 0 Å². The summed E-state index contributed by atoms with van der Waals surface area (Å²) in [4.78, 5) is 0. The molecule has 0 radical (unpaired) electrons. The fourth-order valence-corrected chi connectivity index (χ4v) is 0.354. The van der Waals surface area contributed by atoms with Gasteiger partial charge < -0.3 is 0 Å². The van der Waals surface area contributed by atoms with E-state index in [1.807, 2.05) is 0 Å². The molecule has 0 aliphatic rings. The Morgan fingerprint density at radius 3 is 2.40 bits per heavy atom. The molecule has 0 spiro atoms. The number of hydrogen-bond acceptors (Lipinski definition) is 0. The summed E-state index contributed by atoms with van der Waals surface area (Å²) >= 11 is 0. The summed E-state index contributed by atoms with van der Waals surface area (Å²) in [5, 5.41) is 0. The molecule has 0 atom stereocenters. The summed E-state index contributed by atoms with van der Waals surface area (Å²) in [6.45, 7) is 2.21. The minimum Gasteiger partial charge on any atom is -0.0894 e. The fraction of sp³-hybridized carbons (Fsp3) is 1.00. The first-order valence-electron chi connectivity index (χ1n) is 2.41. The maximum atomic E-state index is 2.21. The van der Waals surface area contributed by atoms with Crippen LogP contribution in [0.15, 0.2) is 0 Å². The summed E-state index contributed by atoms with van der Waals surface area (Å²) in [6, 6.07) is 0. The molecule has 28 valence electrons. The van der Waals surface area contributed by atoms with E-state index in [9.17, 15) is 0 Å². The van der Waals surface area contributed by atoms with E-state index >= 15 is 0 Å². The smallest absolute Gasteiger partial charge is 0.0894 e. The lowest BCUT2D eigenvalue weighted by atomic mass is 9.73. The average molecular weight is 67.7 g/mol. The van der Waals surface area contributed by atoms with Crippen LogP contribution in [-0.2, 0) is 0 Å². The molecule has 0 aliphatic carbocycles. The van der Waals surface area contributed by atoms with E-state index in [1.165, 1.54) is 19.9 Å². The van der Waals surface area contributed by atoms with Crippen molar-refractivity contribution < 1.29 is 0 Å². The van der Waals surface area contributed by atoms with E-state index in [0.717, 1.165) is 0 Å². The molecule has 0 bridgehead atoms. The highest BCUT2D eigenvalue weighted by Gasteiger charge is 1.72. The first kappa shape index (κ1) is 5.13. The third-order valence-corrected chi connectivity index (χ3v) is 0.707. The lowest BCUT2D eigenvalue weighted by Crippen LogP contribution is -1.75. The van der Waals surface area contributed by atoms with E-state index in [4.69, 9.17) is 0 Å². The van der Waals surface area contributed by atoms with E-state index in [0.29, 0.717) is 0 Å². The van der Waals surface area contributed by atoms with Crippen molar-refractivity contribution in [2.75, 3.05) is 0 Å². The highest BCUT2D eigenvalue weighted by molar-refractivity contribution is 6.35. The van der Waals surface area contributed by atoms with Gasteiger partial charge in [0.25, 0.3) is 0 Å². The van der Waals surface area contributed by atoms with E-state index < -0.39 is 0 Å². The minimum absolute atomic E-state index is 1.34. The molecular weight excluding hydrogens is 57.7 g/mol. The van der Waals surface area contributed by atoms with E-state index in [-0.39, 0.29) is 0 Å². The van der Waals surface area contributed by atoms with Crippen molar-refractivity contribution in [2.24, 2.45) is 0 Å². The molecule has 5 heavy (non-hydrogen) atoms. The van der Waals surface area contributed by atoms with E-state index in [1.54, 1.807) is 0 Å². The standard InChI is InChI=1S/C3H10B2/c1-5-3-2-4/h5H,2-4H2,1H3. The monoisotopic (exact) mass is 68.1 g/mol. The summed E-state index contributed by atoms with van der Waals surface area (Å²) in [5.41, 5.74) is 0. The van der Waals surface area contributed by atoms with Gasteiger partial charge in [-0.1, -0.05) is 19.5 Å². The first-order chi connectivity index (χ1) is 2.41. The van der Waals surface area contributed by atoms with Gasteiger partial charge in [-0.2, -0.15) is 0 Å². The van der Waals surface area contributed by atoms with Crippen LogP contribution in [0, 0.1) is 0 Å². The summed E-state index contributed by atoms with van der Waals surface area (Å²) < 4.78 is 0. The molecular formula is C3H10B2. The molecule has 0 unspecified atom stereocenters. The molecule has 0 amide bonds. The highest BCUT2D eigenvalue weighted by Crippen LogP contribution is 1.78. The molecule has 0 saturated carbocycles. The van der Waals surface area contributed by atoms with Crippen LogP contribution < -0.4 is 0 Å². The van der Waals surface area contributed by atoms with Crippen molar-refractivity contribution in [3.63, 3.8) is 0 Å². The van der Waals surface area contributed by atoms with Gasteiger partial charge in [-0.15, -0.1) is 0 Å². The Morgan fingerprint density at radius 1 is 1.80 bits per heavy atom. The first-order valence-corrected chi connectivity index (χ1v) is 2.41. The van der Waals surface area contributed by atoms with Crippen LogP contribution in [-0.4, -0.2) is 15.1 Å². The third kappa shape index (κ3) is 4.13. The molecule has 0 rings (SSSR count). The Labute approximate surface area is 35.6 Å². The van der Waals surface area contributed by atoms with Crippen molar-refractivity contribution in [2.45, 2.75) is 19.5 Å². The number of rotatable bonds is 2. The maximum absolute atomic E-state index is 2.21. The van der Waals surface area contributed by atoms with Crippen molar-refractivity contribution in [3.05, 3.63) is 0 Å². The quantitative estimate of drug-likeness (QED) is 0.397. The van der Waals surface area contributed by atoms with Crippen molar-refractivity contribution >= 4 is 15.1 Å². The fourth-order valence-electron chi connectivity index (χ4n) is 0.354. The average Bonchev–Trinajstić information content (AvgIpc) is 1.41. The van der Waals surface area contributed by atoms with Crippen molar-refractivity contribution in [1.82, 2.24) is 0 Å². The van der Waals surface area contributed by atoms with Gasteiger partial charge in [0.15, 0.2) is 0 Å². The third-order valence-electron chi connectivity index (χ3n) is 0.707. The van der Waals surface area contributed by atoms with Crippen LogP contribution in [0.3, 0.4) is 0 Å². The van der Waals surface area contributed by atoms with Crippen molar-refractivity contribution in [3.8, 4) is 0 Å². The molecule has 0 nitrogen and oxygen atoms in total. The lowest BCUT2D eigenvalue weighted by molar-refractivity contribution is 1.44. The van der Waals surface area contributed by atoms with Crippen LogP contribution in [0.2, 0.25) is 19.5 Å². The molecule has 0 N–H and O–H groups in total. The van der Waals surface area contributed by atoms with Crippen LogP contribution in [0.25, 0.3) is 0 Å². The summed E-state index contributed by atoms with van der Waals surface area (Å²) in [5.74, 6) is 0. The predicted octanol–water partition coefficient (Wildman–Crippen LogP) is -0.0593. The predicted molar refractivity (Wildman–Crippen MR) is 31.2 cm³/mol. The van der Waals surface area contributed by atoms with Crippen LogP contribution in [0.5, 0.6) is 0 Å². The zero-order chi connectivity index (χ0) is 4.12. The Kier molecular flexibility index (Phi) is 4.24. The molecule has 0 aromatic heterocycles. The molecule has 0 fully saturated rings. The second-order valence-electron chi connectivity index (χ2n) is 1.35. The highest BCUT2D eigenvalue weighted by atomic mass is 13.5. The Balaban J connectivity index is 2.19. The molecule has 0 heterocycles.